The largest absolute Gasteiger partial charge is 0.502 e. The normalized spacial score (nSPS) is 18.1. The number of phenolic OH excluding ortho intramolecular Hbond substituents is 1. The van der Waals surface area contributed by atoms with Gasteiger partial charge in [-0.15, -0.1) is 0 Å². The number of hydrogen-bond acceptors (Lipinski definition) is 8. The van der Waals surface area contributed by atoms with Crippen molar-refractivity contribution in [3.63, 3.8) is 0 Å². The maximum absolute atomic E-state index is 12.7. The van der Waals surface area contributed by atoms with Gasteiger partial charge in [0.1, 0.15) is 5.69 Å². The Hall–Kier alpha value is -3.01. The predicted octanol–water partition coefficient (Wildman–Crippen LogP) is 0.716. The summed E-state index contributed by atoms with van der Waals surface area (Å²) in [5.74, 6) is -0.316. The lowest BCUT2D eigenvalue weighted by Gasteiger charge is -2.32. The van der Waals surface area contributed by atoms with Crippen LogP contribution in [0.15, 0.2) is 11.1 Å². The first-order valence-electron chi connectivity index (χ1n) is 8.63. The quantitative estimate of drug-likeness (QED) is 0.574. The highest BCUT2D eigenvalue weighted by Gasteiger charge is 2.41. The van der Waals surface area contributed by atoms with E-state index in [4.69, 9.17) is 20.0 Å². The lowest BCUT2D eigenvalue weighted by atomic mass is 10.2. The lowest BCUT2D eigenvalue weighted by molar-refractivity contribution is -0.134. The van der Waals surface area contributed by atoms with Crippen LogP contribution in [0.5, 0.6) is 17.2 Å². The van der Waals surface area contributed by atoms with E-state index in [2.05, 4.69) is 10.3 Å². The minimum Gasteiger partial charge on any atom is -0.502 e. The van der Waals surface area contributed by atoms with Gasteiger partial charge in [0.2, 0.25) is 5.75 Å². The third-order valence-electron chi connectivity index (χ3n) is 4.47. The molecule has 1 aromatic rings. The summed E-state index contributed by atoms with van der Waals surface area (Å²) >= 11 is 0. The maximum Gasteiger partial charge on any atom is 0.294 e. The molecular formula is C17H23N5O5. The van der Waals surface area contributed by atoms with E-state index in [1.807, 2.05) is 0 Å². The number of aliphatic imine (C=N–C) groups is 1. The molecule has 2 saturated heterocycles. The van der Waals surface area contributed by atoms with E-state index in [9.17, 15) is 9.90 Å². The van der Waals surface area contributed by atoms with Crippen molar-refractivity contribution in [2.45, 2.75) is 12.8 Å². The number of carbonyl (C=O) groups is 1. The summed E-state index contributed by atoms with van der Waals surface area (Å²) in [7, 11) is 2.77. The second kappa shape index (κ2) is 7.70. The van der Waals surface area contributed by atoms with Gasteiger partial charge in [0.15, 0.2) is 23.0 Å². The molecule has 0 spiro atoms. The third kappa shape index (κ3) is 3.23. The molecule has 2 fully saturated rings. The molecule has 146 valence electrons. The van der Waals surface area contributed by atoms with Crippen LogP contribution in [0.3, 0.4) is 0 Å². The van der Waals surface area contributed by atoms with Crippen LogP contribution in [-0.2, 0) is 4.79 Å². The molecule has 0 unspecified atom stereocenters. The van der Waals surface area contributed by atoms with E-state index < -0.39 is 0 Å². The topological polar surface area (TPSA) is 131 Å². The van der Waals surface area contributed by atoms with Gasteiger partial charge in [-0.3, -0.25) is 15.2 Å². The predicted molar refractivity (Wildman–Crippen MR) is 99.3 cm³/mol. The van der Waals surface area contributed by atoms with Crippen molar-refractivity contribution in [2.24, 2.45) is 4.99 Å². The van der Waals surface area contributed by atoms with E-state index in [0.29, 0.717) is 18.8 Å². The Morgan fingerprint density at radius 2 is 1.96 bits per heavy atom. The number of hydrazine groups is 1. The highest BCUT2D eigenvalue weighted by molar-refractivity contribution is 6.68. The zero-order valence-electron chi connectivity index (χ0n) is 15.3. The number of benzene rings is 1. The molecule has 27 heavy (non-hydrogen) atoms. The van der Waals surface area contributed by atoms with Gasteiger partial charge in [0.05, 0.1) is 26.5 Å². The summed E-state index contributed by atoms with van der Waals surface area (Å²) in [5, 5.41) is 33.8. The van der Waals surface area contributed by atoms with Crippen molar-refractivity contribution in [2.75, 3.05) is 45.8 Å². The van der Waals surface area contributed by atoms with Crippen LogP contribution in [0, 0.1) is 5.41 Å². The molecule has 0 radical (unpaired) electrons. The number of fused-ring (bicyclic) bond motifs is 1. The number of carbonyl (C=O) groups excluding carboxylic acids is 1. The van der Waals surface area contributed by atoms with Crippen molar-refractivity contribution in [1.29, 1.82) is 5.41 Å². The van der Waals surface area contributed by atoms with E-state index in [-0.39, 0.29) is 53.5 Å². The van der Waals surface area contributed by atoms with Crippen molar-refractivity contribution >= 4 is 28.8 Å². The smallest absolute Gasteiger partial charge is 0.294 e. The monoisotopic (exact) mass is 377 g/mol. The van der Waals surface area contributed by atoms with Gasteiger partial charge in [0.25, 0.3) is 5.91 Å². The van der Waals surface area contributed by atoms with Crippen LogP contribution in [-0.4, -0.2) is 78.1 Å². The molecular weight excluding hydrogens is 354 g/mol. The van der Waals surface area contributed by atoms with Crippen molar-refractivity contribution < 1.29 is 24.5 Å². The van der Waals surface area contributed by atoms with E-state index in [1.54, 1.807) is 5.01 Å². The second-order valence-electron chi connectivity index (χ2n) is 6.07. The number of nitrogens with one attached hydrogen (secondary N) is 2. The third-order valence-corrected chi connectivity index (χ3v) is 4.47. The Morgan fingerprint density at radius 1 is 1.26 bits per heavy atom. The van der Waals surface area contributed by atoms with Gasteiger partial charge in [-0.05, 0) is 12.8 Å². The van der Waals surface area contributed by atoms with Crippen LogP contribution in [0.4, 0.5) is 11.4 Å². The number of aromatic hydroxyl groups is 1. The summed E-state index contributed by atoms with van der Waals surface area (Å²) in [6.07, 6.45) is 1.79. The molecule has 2 heterocycles. The fourth-order valence-corrected chi connectivity index (χ4v) is 3.18. The highest BCUT2D eigenvalue weighted by atomic mass is 16.5. The van der Waals surface area contributed by atoms with Gasteiger partial charge < -0.3 is 25.0 Å². The van der Waals surface area contributed by atoms with E-state index in [0.717, 1.165) is 12.8 Å². The number of methoxy groups -OCH3 is 2. The number of amidine groups is 1. The van der Waals surface area contributed by atoms with Crippen molar-refractivity contribution in [1.82, 2.24) is 10.0 Å². The van der Waals surface area contributed by atoms with Crippen molar-refractivity contribution in [3.05, 3.63) is 6.07 Å². The number of nitrogens with zero attached hydrogens (tertiary/aromatic N) is 3. The summed E-state index contributed by atoms with van der Waals surface area (Å²) in [6.45, 7) is 1.19. The van der Waals surface area contributed by atoms with Gasteiger partial charge in [-0.25, -0.2) is 10.0 Å². The van der Waals surface area contributed by atoms with E-state index >= 15 is 0 Å². The maximum atomic E-state index is 12.7. The first kappa shape index (κ1) is 18.8. The molecule has 0 aliphatic carbocycles. The van der Waals surface area contributed by atoms with Crippen LogP contribution in [0.1, 0.15) is 12.8 Å². The first-order chi connectivity index (χ1) is 13.0. The minimum absolute atomic E-state index is 0.0127. The average Bonchev–Trinajstić information content (AvgIpc) is 2.92. The molecule has 10 nitrogen and oxygen atoms in total. The SMILES string of the molecule is COc1cc(N=C2C(=N)N3CCCCN3C2=O)c(NCCO)c(OC)c1O. The Labute approximate surface area is 156 Å². The molecule has 1 amide bonds. The molecule has 0 saturated carbocycles. The number of rotatable bonds is 6. The molecule has 0 bridgehead atoms. The summed E-state index contributed by atoms with van der Waals surface area (Å²) < 4.78 is 10.4. The summed E-state index contributed by atoms with van der Waals surface area (Å²) in [6, 6.07) is 1.46. The van der Waals surface area contributed by atoms with Gasteiger partial charge >= 0.3 is 0 Å². The average molecular weight is 377 g/mol. The zero-order valence-corrected chi connectivity index (χ0v) is 15.3. The van der Waals surface area contributed by atoms with Crippen LogP contribution < -0.4 is 14.8 Å². The van der Waals surface area contributed by atoms with Gasteiger partial charge in [0, 0.05) is 25.7 Å². The highest BCUT2D eigenvalue weighted by Crippen LogP contribution is 2.48. The molecule has 2 aliphatic rings. The molecule has 2 aliphatic heterocycles. The molecule has 0 aromatic heterocycles. The molecule has 3 rings (SSSR count). The number of aliphatic hydroxyl groups excluding tert-OH is 1. The number of hydrogen-bond donors (Lipinski definition) is 4. The number of aliphatic hydroxyl groups is 1. The number of anilines is 1. The van der Waals surface area contributed by atoms with Gasteiger partial charge in [-0.1, -0.05) is 0 Å². The molecule has 1 aromatic carbocycles. The minimum atomic E-state index is -0.334. The van der Waals surface area contributed by atoms with Crippen molar-refractivity contribution in [3.8, 4) is 17.2 Å². The second-order valence-corrected chi connectivity index (χ2v) is 6.07. The van der Waals surface area contributed by atoms with Crippen LogP contribution >= 0.6 is 0 Å². The molecule has 0 atom stereocenters. The Morgan fingerprint density at radius 3 is 2.56 bits per heavy atom. The summed E-state index contributed by atoms with van der Waals surface area (Å²) in [4.78, 5) is 17.1. The van der Waals surface area contributed by atoms with E-state index in [1.165, 1.54) is 25.3 Å². The number of phenols is 1. The summed E-state index contributed by atoms with van der Waals surface area (Å²) in [5.41, 5.74) is 0.584. The lowest BCUT2D eigenvalue weighted by Crippen LogP contribution is -2.45. The Kier molecular flexibility index (Phi) is 5.36. The first-order valence-corrected chi connectivity index (χ1v) is 8.63. The molecule has 4 N–H and O–H groups in total. The number of ether oxygens (including phenoxy) is 2. The Bertz CT molecular complexity index is 768. The standard InChI is InChI=1S/C17H23N5O5/c1-26-11-9-10(12(19-5-8-23)15(27-2)14(11)24)20-13-16(18)21-6-3-4-7-22(21)17(13)25/h9,18-19,23-24H,3-8H2,1-2H3. The van der Waals surface area contributed by atoms with Crippen LogP contribution in [0.25, 0.3) is 0 Å². The Balaban J connectivity index is 2.10. The molecule has 10 heteroatoms. The zero-order chi connectivity index (χ0) is 19.6. The fraction of sp³-hybridized carbons (Fsp3) is 0.471. The van der Waals surface area contributed by atoms with Crippen LogP contribution in [0.2, 0.25) is 0 Å². The number of amides is 1. The fourth-order valence-electron chi connectivity index (χ4n) is 3.18. The van der Waals surface area contributed by atoms with Gasteiger partial charge in [-0.2, -0.15) is 0 Å².